The Bertz CT molecular complexity index is 1160. The fraction of sp³-hybridized carbons (Fsp3) is 0.125. The van der Waals surface area contributed by atoms with Crippen LogP contribution in [0, 0.1) is 12.7 Å². The lowest BCUT2D eigenvalue weighted by Crippen LogP contribution is -2.22. The highest BCUT2D eigenvalue weighted by Gasteiger charge is 2.18. The number of aromatic nitrogens is 3. The van der Waals surface area contributed by atoms with Gasteiger partial charge in [0.1, 0.15) is 11.6 Å². The first kappa shape index (κ1) is 20.3. The van der Waals surface area contributed by atoms with Gasteiger partial charge in [0, 0.05) is 12.1 Å². The number of rotatable bonds is 7. The summed E-state index contributed by atoms with van der Waals surface area (Å²) in [5, 5.41) is 7.52. The third-order valence-corrected chi connectivity index (χ3v) is 4.62. The summed E-state index contributed by atoms with van der Waals surface area (Å²) in [4.78, 5) is 17.3. The van der Waals surface area contributed by atoms with Gasteiger partial charge in [-0.25, -0.2) is 4.39 Å². The van der Waals surface area contributed by atoms with Gasteiger partial charge < -0.3 is 10.1 Å². The van der Waals surface area contributed by atoms with Gasteiger partial charge in [-0.15, -0.1) is 5.10 Å². The van der Waals surface area contributed by atoms with Crippen LogP contribution in [0.5, 0.6) is 5.75 Å². The molecule has 0 amide bonds. The molecule has 0 saturated heterocycles. The molecule has 3 aromatic carbocycles. The lowest BCUT2D eigenvalue weighted by atomic mass is 10.1. The Morgan fingerprint density at radius 2 is 1.71 bits per heavy atom. The van der Waals surface area contributed by atoms with E-state index in [2.05, 4.69) is 15.4 Å². The van der Waals surface area contributed by atoms with Crippen LogP contribution in [0.3, 0.4) is 0 Å². The molecule has 1 aromatic heterocycles. The van der Waals surface area contributed by atoms with Gasteiger partial charge in [0.2, 0.25) is 5.95 Å². The number of carbonyl (C=O) groups excluding carboxylic acids is 1. The Hall–Kier alpha value is -4.00. The largest absolute Gasteiger partial charge is 0.484 e. The Morgan fingerprint density at radius 3 is 2.42 bits per heavy atom. The molecule has 4 aromatic rings. The molecule has 0 saturated carbocycles. The lowest BCUT2D eigenvalue weighted by Gasteiger charge is -2.08. The van der Waals surface area contributed by atoms with Crippen LogP contribution in [0.2, 0.25) is 0 Å². The van der Waals surface area contributed by atoms with Crippen LogP contribution in [0.1, 0.15) is 15.9 Å². The highest BCUT2D eigenvalue weighted by atomic mass is 19.1. The highest BCUT2D eigenvalue weighted by molar-refractivity contribution is 5.82. The van der Waals surface area contributed by atoms with E-state index in [-0.39, 0.29) is 18.3 Å². The average Bonchev–Trinajstić information content (AvgIpc) is 3.22. The second-order valence-corrected chi connectivity index (χ2v) is 7.01. The van der Waals surface area contributed by atoms with Gasteiger partial charge in [0.15, 0.2) is 12.4 Å². The number of ether oxygens (including phenoxy) is 1. The Labute approximate surface area is 179 Å². The first-order chi connectivity index (χ1) is 15.1. The molecular weight excluding hydrogens is 395 g/mol. The van der Waals surface area contributed by atoms with E-state index in [0.29, 0.717) is 24.1 Å². The number of halogens is 1. The van der Waals surface area contributed by atoms with Gasteiger partial charge in [-0.3, -0.25) is 4.79 Å². The molecular formula is C24H21FN4O2. The second-order valence-electron chi connectivity index (χ2n) is 7.01. The second kappa shape index (κ2) is 9.21. The SMILES string of the molecule is Cc1ccc(-c2nc(NCc3ccc(F)cc3)n(C(=O)COc3ccccc3)n2)cc1. The summed E-state index contributed by atoms with van der Waals surface area (Å²) in [6.07, 6.45) is 0. The van der Waals surface area contributed by atoms with E-state index in [1.165, 1.54) is 16.8 Å². The van der Waals surface area contributed by atoms with Crippen LogP contribution >= 0.6 is 0 Å². The smallest absolute Gasteiger partial charge is 0.287 e. The van der Waals surface area contributed by atoms with E-state index in [4.69, 9.17) is 4.74 Å². The monoisotopic (exact) mass is 416 g/mol. The van der Waals surface area contributed by atoms with Crippen LogP contribution < -0.4 is 10.1 Å². The molecule has 0 fully saturated rings. The summed E-state index contributed by atoms with van der Waals surface area (Å²) in [5.74, 6) is 0.643. The van der Waals surface area contributed by atoms with Crippen molar-refractivity contribution in [2.24, 2.45) is 0 Å². The van der Waals surface area contributed by atoms with Crippen molar-refractivity contribution in [3.05, 3.63) is 95.8 Å². The molecule has 1 N–H and O–H groups in total. The molecule has 0 aliphatic carbocycles. The van der Waals surface area contributed by atoms with E-state index in [0.717, 1.165) is 16.7 Å². The van der Waals surface area contributed by atoms with E-state index in [1.807, 2.05) is 49.4 Å². The van der Waals surface area contributed by atoms with Crippen molar-refractivity contribution >= 4 is 11.9 Å². The number of benzene rings is 3. The predicted molar refractivity (Wildman–Crippen MR) is 116 cm³/mol. The number of nitrogens with one attached hydrogen (secondary N) is 1. The maximum Gasteiger partial charge on any atom is 0.287 e. The minimum absolute atomic E-state index is 0.189. The van der Waals surface area contributed by atoms with Crippen molar-refractivity contribution in [2.45, 2.75) is 13.5 Å². The van der Waals surface area contributed by atoms with Crippen molar-refractivity contribution in [1.82, 2.24) is 14.8 Å². The average molecular weight is 416 g/mol. The summed E-state index contributed by atoms with van der Waals surface area (Å²) in [6.45, 7) is 2.17. The maximum absolute atomic E-state index is 13.2. The van der Waals surface area contributed by atoms with Gasteiger partial charge in [-0.2, -0.15) is 9.67 Å². The lowest BCUT2D eigenvalue weighted by molar-refractivity contribution is 0.0824. The number of hydrogen-bond donors (Lipinski definition) is 1. The van der Waals surface area contributed by atoms with E-state index in [1.54, 1.807) is 24.3 Å². The van der Waals surface area contributed by atoms with Crippen molar-refractivity contribution in [1.29, 1.82) is 0 Å². The van der Waals surface area contributed by atoms with Crippen LogP contribution in [-0.2, 0) is 6.54 Å². The Balaban J connectivity index is 1.56. The van der Waals surface area contributed by atoms with Crippen molar-refractivity contribution < 1.29 is 13.9 Å². The minimum atomic E-state index is -0.365. The molecule has 4 rings (SSSR count). The molecule has 0 unspecified atom stereocenters. The number of carbonyl (C=O) groups is 1. The van der Waals surface area contributed by atoms with Crippen LogP contribution in [0.4, 0.5) is 10.3 Å². The standard InChI is InChI=1S/C24H21FN4O2/c1-17-7-11-19(12-8-17)23-27-24(26-15-18-9-13-20(25)14-10-18)29(28-23)22(30)16-31-21-5-3-2-4-6-21/h2-14H,15-16H2,1H3,(H,26,27,28). The van der Waals surface area contributed by atoms with Crippen LogP contribution in [-0.4, -0.2) is 27.3 Å². The number of anilines is 1. The minimum Gasteiger partial charge on any atom is -0.484 e. The van der Waals surface area contributed by atoms with Gasteiger partial charge >= 0.3 is 0 Å². The first-order valence-electron chi connectivity index (χ1n) is 9.82. The zero-order valence-electron chi connectivity index (χ0n) is 17.0. The van der Waals surface area contributed by atoms with Crippen molar-refractivity contribution in [3.8, 4) is 17.1 Å². The number of hydrogen-bond acceptors (Lipinski definition) is 5. The molecule has 0 aliphatic heterocycles. The van der Waals surface area contributed by atoms with Gasteiger partial charge in [-0.05, 0) is 36.8 Å². The Kier molecular flexibility index (Phi) is 6.03. The third kappa shape index (κ3) is 5.14. The van der Waals surface area contributed by atoms with Gasteiger partial charge in [0.05, 0.1) is 0 Å². The zero-order valence-corrected chi connectivity index (χ0v) is 17.0. The quantitative estimate of drug-likeness (QED) is 0.472. The molecule has 1 heterocycles. The number of aryl methyl sites for hydroxylation is 1. The number of nitrogens with zero attached hydrogens (tertiary/aromatic N) is 3. The molecule has 31 heavy (non-hydrogen) atoms. The predicted octanol–water partition coefficient (Wildman–Crippen LogP) is 4.72. The fourth-order valence-corrected chi connectivity index (χ4v) is 2.93. The summed E-state index contributed by atoms with van der Waals surface area (Å²) in [5.41, 5.74) is 2.76. The van der Waals surface area contributed by atoms with Crippen LogP contribution in [0.25, 0.3) is 11.4 Å². The summed E-state index contributed by atoms with van der Waals surface area (Å²) >= 11 is 0. The van der Waals surface area contributed by atoms with Crippen molar-refractivity contribution in [3.63, 3.8) is 0 Å². The molecule has 0 radical (unpaired) electrons. The normalized spacial score (nSPS) is 10.6. The topological polar surface area (TPSA) is 69.0 Å². The highest BCUT2D eigenvalue weighted by Crippen LogP contribution is 2.19. The van der Waals surface area contributed by atoms with Gasteiger partial charge in [-0.1, -0.05) is 60.2 Å². The maximum atomic E-state index is 13.2. The molecule has 0 aliphatic rings. The molecule has 0 atom stereocenters. The molecule has 0 spiro atoms. The van der Waals surface area contributed by atoms with Gasteiger partial charge in [0.25, 0.3) is 5.91 Å². The van der Waals surface area contributed by atoms with E-state index in [9.17, 15) is 9.18 Å². The van der Waals surface area contributed by atoms with Crippen molar-refractivity contribution in [2.75, 3.05) is 11.9 Å². The first-order valence-corrected chi connectivity index (χ1v) is 9.82. The summed E-state index contributed by atoms with van der Waals surface area (Å²) < 4.78 is 19.9. The summed E-state index contributed by atoms with van der Waals surface area (Å²) in [7, 11) is 0. The molecule has 156 valence electrons. The zero-order chi connectivity index (χ0) is 21.6. The van der Waals surface area contributed by atoms with E-state index >= 15 is 0 Å². The Morgan fingerprint density at radius 1 is 1.00 bits per heavy atom. The van der Waals surface area contributed by atoms with E-state index < -0.39 is 0 Å². The fourth-order valence-electron chi connectivity index (χ4n) is 2.93. The molecule has 7 heteroatoms. The summed E-state index contributed by atoms with van der Waals surface area (Å²) in [6, 6.07) is 22.9. The molecule has 6 nitrogen and oxygen atoms in total. The molecule has 0 bridgehead atoms. The number of para-hydroxylation sites is 1. The van der Waals surface area contributed by atoms with Crippen LogP contribution in [0.15, 0.2) is 78.9 Å². The third-order valence-electron chi connectivity index (χ3n) is 4.62.